The molecule has 106 valence electrons. The number of alkyl halides is 2. The van der Waals surface area contributed by atoms with E-state index in [0.717, 1.165) is 5.56 Å². The SMILES string of the molecule is C=CCN(CCO)Cc1ccc(OC(F)F)c(Cl)c1. The quantitative estimate of drug-likeness (QED) is 0.748. The number of aliphatic hydroxyl groups excluding tert-OH is 1. The van der Waals surface area contributed by atoms with Crippen LogP contribution in [0, 0.1) is 0 Å². The number of aliphatic hydroxyl groups is 1. The molecule has 0 spiro atoms. The molecule has 0 heterocycles. The van der Waals surface area contributed by atoms with Crippen molar-refractivity contribution >= 4 is 11.6 Å². The van der Waals surface area contributed by atoms with E-state index in [4.69, 9.17) is 16.7 Å². The first kappa shape index (κ1) is 15.9. The average Bonchev–Trinajstić information content (AvgIpc) is 2.33. The second-order valence-corrected chi connectivity index (χ2v) is 4.30. The fraction of sp³-hybridized carbons (Fsp3) is 0.385. The Balaban J connectivity index is 2.73. The maximum absolute atomic E-state index is 12.1. The molecule has 0 atom stereocenters. The van der Waals surface area contributed by atoms with Crippen molar-refractivity contribution in [3.63, 3.8) is 0 Å². The topological polar surface area (TPSA) is 32.7 Å². The van der Waals surface area contributed by atoms with E-state index in [1.54, 1.807) is 18.2 Å². The number of benzene rings is 1. The van der Waals surface area contributed by atoms with E-state index >= 15 is 0 Å². The summed E-state index contributed by atoms with van der Waals surface area (Å²) in [5.41, 5.74) is 0.849. The Morgan fingerprint density at radius 3 is 2.74 bits per heavy atom. The maximum Gasteiger partial charge on any atom is 0.387 e. The highest BCUT2D eigenvalue weighted by molar-refractivity contribution is 6.32. The summed E-state index contributed by atoms with van der Waals surface area (Å²) in [5, 5.41) is 9.07. The van der Waals surface area contributed by atoms with Gasteiger partial charge in [-0.2, -0.15) is 8.78 Å². The van der Waals surface area contributed by atoms with Gasteiger partial charge in [-0.1, -0.05) is 23.7 Å². The van der Waals surface area contributed by atoms with Gasteiger partial charge in [0.05, 0.1) is 11.6 Å². The van der Waals surface area contributed by atoms with Crippen LogP contribution in [0.15, 0.2) is 30.9 Å². The Morgan fingerprint density at radius 1 is 1.47 bits per heavy atom. The van der Waals surface area contributed by atoms with Crippen LogP contribution in [0.1, 0.15) is 5.56 Å². The minimum absolute atomic E-state index is 0.0359. The predicted molar refractivity (Wildman–Crippen MR) is 70.6 cm³/mol. The third-order valence-corrected chi connectivity index (χ3v) is 2.72. The van der Waals surface area contributed by atoms with Crippen LogP contribution in [0.25, 0.3) is 0 Å². The summed E-state index contributed by atoms with van der Waals surface area (Å²) in [6, 6.07) is 4.65. The van der Waals surface area contributed by atoms with Crippen LogP contribution < -0.4 is 4.74 Å². The van der Waals surface area contributed by atoms with Crippen LogP contribution in [0.4, 0.5) is 8.78 Å². The third kappa shape index (κ3) is 5.55. The minimum atomic E-state index is -2.89. The van der Waals surface area contributed by atoms with Gasteiger partial charge in [0.1, 0.15) is 5.75 Å². The molecule has 0 saturated carbocycles. The summed E-state index contributed by atoms with van der Waals surface area (Å²) in [4.78, 5) is 1.95. The third-order valence-electron chi connectivity index (χ3n) is 2.42. The molecular formula is C13H16ClF2NO2. The Kier molecular flexibility index (Phi) is 6.77. The van der Waals surface area contributed by atoms with Gasteiger partial charge < -0.3 is 9.84 Å². The molecule has 0 amide bonds. The molecule has 6 heteroatoms. The zero-order valence-electron chi connectivity index (χ0n) is 10.4. The lowest BCUT2D eigenvalue weighted by atomic mass is 10.2. The first-order valence-electron chi connectivity index (χ1n) is 5.74. The van der Waals surface area contributed by atoms with Crippen LogP contribution in [0.2, 0.25) is 5.02 Å². The minimum Gasteiger partial charge on any atom is -0.433 e. The summed E-state index contributed by atoms with van der Waals surface area (Å²) in [6.07, 6.45) is 1.73. The van der Waals surface area contributed by atoms with Crippen molar-refractivity contribution in [1.82, 2.24) is 4.90 Å². The largest absolute Gasteiger partial charge is 0.433 e. The zero-order chi connectivity index (χ0) is 14.3. The lowest BCUT2D eigenvalue weighted by Gasteiger charge is -2.19. The molecule has 0 aliphatic carbocycles. The molecule has 0 bridgehead atoms. The van der Waals surface area contributed by atoms with E-state index in [2.05, 4.69) is 11.3 Å². The van der Waals surface area contributed by atoms with Crippen molar-refractivity contribution in [2.75, 3.05) is 19.7 Å². The highest BCUT2D eigenvalue weighted by Gasteiger charge is 2.10. The molecule has 0 aliphatic rings. The lowest BCUT2D eigenvalue weighted by molar-refractivity contribution is -0.0498. The van der Waals surface area contributed by atoms with Crippen LogP contribution in [-0.4, -0.2) is 36.3 Å². The Morgan fingerprint density at radius 2 is 2.21 bits per heavy atom. The second-order valence-electron chi connectivity index (χ2n) is 3.89. The Labute approximate surface area is 116 Å². The molecule has 0 aliphatic heterocycles. The number of hydrogen-bond donors (Lipinski definition) is 1. The standard InChI is InChI=1S/C13H16ClF2NO2/c1-2-5-17(6-7-18)9-10-3-4-12(11(14)8-10)19-13(15)16/h2-4,8,13,18H,1,5-7,9H2. The average molecular weight is 292 g/mol. The van der Waals surface area contributed by atoms with Crippen molar-refractivity contribution in [2.45, 2.75) is 13.2 Å². The van der Waals surface area contributed by atoms with E-state index in [1.807, 2.05) is 4.90 Å². The van der Waals surface area contributed by atoms with Crippen molar-refractivity contribution in [3.8, 4) is 5.75 Å². The monoisotopic (exact) mass is 291 g/mol. The molecule has 0 radical (unpaired) electrons. The van der Waals surface area contributed by atoms with Crippen LogP contribution in [0.3, 0.4) is 0 Å². The molecule has 1 aromatic rings. The molecule has 0 saturated heterocycles. The van der Waals surface area contributed by atoms with Crippen LogP contribution in [0.5, 0.6) is 5.75 Å². The van der Waals surface area contributed by atoms with Gasteiger partial charge in [-0.3, -0.25) is 4.90 Å². The Hall–Kier alpha value is -1.17. The predicted octanol–water partition coefficient (Wildman–Crippen LogP) is 2.92. The summed E-state index contributed by atoms with van der Waals surface area (Å²) in [6.45, 7) is 2.44. The molecular weight excluding hydrogens is 276 g/mol. The number of ether oxygens (including phenoxy) is 1. The van der Waals surface area contributed by atoms with Crippen molar-refractivity contribution in [2.24, 2.45) is 0 Å². The summed E-state index contributed by atoms with van der Waals surface area (Å²) in [5.74, 6) is -0.0437. The number of halogens is 3. The van der Waals surface area contributed by atoms with Gasteiger partial charge in [-0.25, -0.2) is 0 Å². The highest BCUT2D eigenvalue weighted by Crippen LogP contribution is 2.27. The lowest BCUT2D eigenvalue weighted by Crippen LogP contribution is -2.26. The van der Waals surface area contributed by atoms with Gasteiger partial charge in [-0.15, -0.1) is 6.58 Å². The van der Waals surface area contributed by atoms with Gasteiger partial charge in [0.25, 0.3) is 0 Å². The summed E-state index contributed by atoms with van der Waals surface area (Å²) < 4.78 is 28.4. The van der Waals surface area contributed by atoms with E-state index in [0.29, 0.717) is 19.6 Å². The van der Waals surface area contributed by atoms with Gasteiger partial charge in [-0.05, 0) is 17.7 Å². The molecule has 0 unspecified atom stereocenters. The first-order chi connectivity index (χ1) is 9.06. The fourth-order valence-corrected chi connectivity index (χ4v) is 1.90. The van der Waals surface area contributed by atoms with Crippen molar-refractivity contribution < 1.29 is 18.6 Å². The van der Waals surface area contributed by atoms with Crippen LogP contribution >= 0.6 is 11.6 Å². The van der Waals surface area contributed by atoms with E-state index in [9.17, 15) is 8.78 Å². The normalized spacial score (nSPS) is 11.1. The van der Waals surface area contributed by atoms with Crippen molar-refractivity contribution in [3.05, 3.63) is 41.4 Å². The molecule has 3 nitrogen and oxygen atoms in total. The van der Waals surface area contributed by atoms with Gasteiger partial charge in [0.15, 0.2) is 0 Å². The Bertz CT molecular complexity index is 416. The maximum atomic E-state index is 12.1. The molecule has 0 aromatic heterocycles. The molecule has 0 fully saturated rings. The number of nitrogens with zero attached hydrogens (tertiary/aromatic N) is 1. The summed E-state index contributed by atoms with van der Waals surface area (Å²) in [7, 11) is 0. The zero-order valence-corrected chi connectivity index (χ0v) is 11.1. The van der Waals surface area contributed by atoms with Gasteiger partial charge in [0.2, 0.25) is 0 Å². The number of hydrogen-bond acceptors (Lipinski definition) is 3. The van der Waals surface area contributed by atoms with E-state index in [-0.39, 0.29) is 17.4 Å². The van der Waals surface area contributed by atoms with Crippen LogP contribution in [-0.2, 0) is 6.54 Å². The van der Waals surface area contributed by atoms with E-state index in [1.165, 1.54) is 6.07 Å². The molecule has 1 N–H and O–H groups in total. The highest BCUT2D eigenvalue weighted by atomic mass is 35.5. The van der Waals surface area contributed by atoms with E-state index < -0.39 is 6.61 Å². The van der Waals surface area contributed by atoms with Gasteiger partial charge in [0, 0.05) is 19.6 Å². The smallest absolute Gasteiger partial charge is 0.387 e. The van der Waals surface area contributed by atoms with Gasteiger partial charge >= 0.3 is 6.61 Å². The molecule has 19 heavy (non-hydrogen) atoms. The van der Waals surface area contributed by atoms with Crippen molar-refractivity contribution in [1.29, 1.82) is 0 Å². The molecule has 1 rings (SSSR count). The second kappa shape index (κ2) is 8.09. The molecule has 1 aromatic carbocycles. The fourth-order valence-electron chi connectivity index (χ4n) is 1.65. The first-order valence-corrected chi connectivity index (χ1v) is 6.12. The number of rotatable bonds is 8. The summed E-state index contributed by atoms with van der Waals surface area (Å²) >= 11 is 5.86.